The van der Waals surface area contributed by atoms with Crippen LogP contribution in [0.5, 0.6) is 0 Å². The summed E-state index contributed by atoms with van der Waals surface area (Å²) in [7, 11) is 0. The van der Waals surface area contributed by atoms with E-state index < -0.39 is 0 Å². The van der Waals surface area contributed by atoms with E-state index in [1.165, 1.54) is 18.4 Å². The van der Waals surface area contributed by atoms with Crippen molar-refractivity contribution in [1.29, 1.82) is 0 Å². The van der Waals surface area contributed by atoms with Crippen molar-refractivity contribution in [2.75, 3.05) is 39.3 Å². The predicted molar refractivity (Wildman–Crippen MR) is 124 cm³/mol. The molecule has 3 unspecified atom stereocenters. The number of benzene rings is 1. The van der Waals surface area contributed by atoms with E-state index in [4.69, 9.17) is 14.1 Å². The number of nitrogens with zero attached hydrogens (tertiary/aromatic N) is 2. The minimum Gasteiger partial charge on any atom is -0.468 e. The Morgan fingerprint density at radius 3 is 2.68 bits per heavy atom. The van der Waals surface area contributed by atoms with Gasteiger partial charge in [-0.25, -0.2) is 0 Å². The van der Waals surface area contributed by atoms with Crippen LogP contribution in [0.25, 0.3) is 0 Å². The molecule has 2 N–H and O–H groups in total. The largest absolute Gasteiger partial charge is 0.468 e. The second kappa shape index (κ2) is 11.3. The van der Waals surface area contributed by atoms with Gasteiger partial charge in [0, 0.05) is 25.6 Å². The first kappa shape index (κ1) is 21.9. The standard InChI is InChI=1S/C25H36N4O2/c1-2-26-25(28-19-22(23-13-9-16-30-23)29-14-6-7-15-29)27-18-21-12-8-17-31-24(21)20-10-4-3-5-11-20/h3-5,9-11,13,16,21-22,24H,2,6-8,12,14-15,17-19H2,1H3,(H2,26,27,28). The van der Waals surface area contributed by atoms with Gasteiger partial charge in [0.05, 0.1) is 25.0 Å². The van der Waals surface area contributed by atoms with E-state index in [0.717, 1.165) is 57.3 Å². The summed E-state index contributed by atoms with van der Waals surface area (Å²) in [5.41, 5.74) is 1.27. The summed E-state index contributed by atoms with van der Waals surface area (Å²) in [6.07, 6.45) is 6.68. The second-order valence-corrected chi connectivity index (χ2v) is 8.48. The van der Waals surface area contributed by atoms with E-state index in [2.05, 4.69) is 58.9 Å². The van der Waals surface area contributed by atoms with Crippen molar-refractivity contribution in [2.24, 2.45) is 10.9 Å². The molecule has 2 saturated heterocycles. The fourth-order valence-corrected chi connectivity index (χ4v) is 4.73. The number of guanidine groups is 1. The third-order valence-corrected chi connectivity index (χ3v) is 6.32. The van der Waals surface area contributed by atoms with Crippen molar-refractivity contribution in [3.63, 3.8) is 0 Å². The number of likely N-dealkylation sites (tertiary alicyclic amines) is 1. The Balaban J connectivity index is 1.41. The summed E-state index contributed by atoms with van der Waals surface area (Å²) < 4.78 is 11.9. The summed E-state index contributed by atoms with van der Waals surface area (Å²) in [6.45, 7) is 7.55. The number of rotatable bonds is 8. The van der Waals surface area contributed by atoms with E-state index in [9.17, 15) is 0 Å². The van der Waals surface area contributed by atoms with Crippen molar-refractivity contribution < 1.29 is 9.15 Å². The van der Waals surface area contributed by atoms with Crippen LogP contribution in [0.3, 0.4) is 0 Å². The lowest BCUT2D eigenvalue weighted by Crippen LogP contribution is -2.42. The quantitative estimate of drug-likeness (QED) is 0.493. The Morgan fingerprint density at radius 1 is 1.10 bits per heavy atom. The fourth-order valence-electron chi connectivity index (χ4n) is 4.73. The second-order valence-electron chi connectivity index (χ2n) is 8.48. The molecule has 3 heterocycles. The van der Waals surface area contributed by atoms with E-state index in [1.54, 1.807) is 6.26 Å². The Kier molecular flexibility index (Phi) is 8.02. The van der Waals surface area contributed by atoms with Crippen LogP contribution in [0.15, 0.2) is 58.1 Å². The van der Waals surface area contributed by atoms with Gasteiger partial charge in [-0.15, -0.1) is 0 Å². The molecule has 2 aromatic rings. The number of nitrogens with one attached hydrogen (secondary N) is 2. The van der Waals surface area contributed by atoms with E-state index in [0.29, 0.717) is 12.5 Å². The number of furan rings is 1. The van der Waals surface area contributed by atoms with Gasteiger partial charge in [0.2, 0.25) is 0 Å². The Labute approximate surface area is 186 Å². The number of aliphatic imine (C=N–C) groups is 1. The van der Waals surface area contributed by atoms with Crippen LogP contribution in [-0.4, -0.2) is 50.2 Å². The van der Waals surface area contributed by atoms with Crippen molar-refractivity contribution in [2.45, 2.75) is 44.8 Å². The summed E-state index contributed by atoms with van der Waals surface area (Å²) in [4.78, 5) is 7.44. The van der Waals surface area contributed by atoms with Gasteiger partial charge in [0.1, 0.15) is 5.76 Å². The van der Waals surface area contributed by atoms with Gasteiger partial charge in [-0.3, -0.25) is 9.89 Å². The van der Waals surface area contributed by atoms with Crippen LogP contribution in [-0.2, 0) is 4.74 Å². The molecule has 0 aliphatic carbocycles. The number of hydrogen-bond acceptors (Lipinski definition) is 4. The SMILES string of the molecule is CCNC(=NCC(c1ccco1)N1CCCC1)NCC1CCCOC1c1ccccc1. The maximum absolute atomic E-state index is 6.16. The maximum Gasteiger partial charge on any atom is 0.191 e. The van der Waals surface area contributed by atoms with Crippen molar-refractivity contribution in [1.82, 2.24) is 15.5 Å². The first-order chi connectivity index (χ1) is 15.3. The highest BCUT2D eigenvalue weighted by Crippen LogP contribution is 2.33. The third-order valence-electron chi connectivity index (χ3n) is 6.32. The molecule has 0 saturated carbocycles. The molecule has 6 heteroatoms. The molecule has 0 bridgehead atoms. The lowest BCUT2D eigenvalue weighted by Gasteiger charge is -2.32. The van der Waals surface area contributed by atoms with Crippen LogP contribution < -0.4 is 10.6 Å². The van der Waals surface area contributed by atoms with E-state index >= 15 is 0 Å². The van der Waals surface area contributed by atoms with Crippen LogP contribution in [0.1, 0.15) is 56.1 Å². The molecule has 0 spiro atoms. The van der Waals surface area contributed by atoms with Crippen LogP contribution in [0.4, 0.5) is 0 Å². The first-order valence-corrected chi connectivity index (χ1v) is 11.8. The molecule has 2 aliphatic heterocycles. The zero-order valence-corrected chi connectivity index (χ0v) is 18.6. The highest BCUT2D eigenvalue weighted by Gasteiger charge is 2.28. The van der Waals surface area contributed by atoms with Crippen molar-refractivity contribution in [3.05, 3.63) is 60.1 Å². The van der Waals surface area contributed by atoms with Crippen molar-refractivity contribution >= 4 is 5.96 Å². The van der Waals surface area contributed by atoms with E-state index in [-0.39, 0.29) is 12.1 Å². The summed E-state index contributed by atoms with van der Waals surface area (Å²) in [5.74, 6) is 2.31. The Hall–Kier alpha value is -2.31. The van der Waals surface area contributed by atoms with E-state index in [1.807, 2.05) is 6.07 Å². The topological polar surface area (TPSA) is 62.0 Å². The maximum atomic E-state index is 6.16. The third kappa shape index (κ3) is 5.89. The molecule has 6 nitrogen and oxygen atoms in total. The minimum atomic E-state index is 0.144. The van der Waals surface area contributed by atoms with Gasteiger partial charge in [0.15, 0.2) is 5.96 Å². The molecule has 31 heavy (non-hydrogen) atoms. The lowest BCUT2D eigenvalue weighted by molar-refractivity contribution is -0.0265. The molecule has 1 aromatic heterocycles. The smallest absolute Gasteiger partial charge is 0.191 e. The molecule has 4 rings (SSSR count). The zero-order valence-electron chi connectivity index (χ0n) is 18.6. The zero-order chi connectivity index (χ0) is 21.3. The normalized spacial score (nSPS) is 23.6. The Bertz CT molecular complexity index is 787. The van der Waals surface area contributed by atoms with Gasteiger partial charge in [-0.1, -0.05) is 30.3 Å². The lowest BCUT2D eigenvalue weighted by atomic mass is 9.89. The number of ether oxygens (including phenoxy) is 1. The van der Waals surface area contributed by atoms with Crippen LogP contribution in [0.2, 0.25) is 0 Å². The van der Waals surface area contributed by atoms with Gasteiger partial charge in [-0.2, -0.15) is 0 Å². The molecule has 1 aromatic carbocycles. The van der Waals surface area contributed by atoms with Gasteiger partial charge in [0.25, 0.3) is 0 Å². The van der Waals surface area contributed by atoms with Gasteiger partial charge < -0.3 is 19.8 Å². The molecule has 2 fully saturated rings. The monoisotopic (exact) mass is 424 g/mol. The molecule has 2 aliphatic rings. The highest BCUT2D eigenvalue weighted by molar-refractivity contribution is 5.79. The van der Waals surface area contributed by atoms with Crippen LogP contribution in [0, 0.1) is 5.92 Å². The van der Waals surface area contributed by atoms with Crippen molar-refractivity contribution in [3.8, 4) is 0 Å². The molecular weight excluding hydrogens is 388 g/mol. The molecule has 3 atom stereocenters. The van der Waals surface area contributed by atoms with Gasteiger partial charge >= 0.3 is 0 Å². The van der Waals surface area contributed by atoms with Gasteiger partial charge in [-0.05, 0) is 63.4 Å². The summed E-state index contributed by atoms with van der Waals surface area (Å²) in [6, 6.07) is 14.8. The molecular formula is C25H36N4O2. The molecule has 0 radical (unpaired) electrons. The predicted octanol–water partition coefficient (Wildman–Crippen LogP) is 4.14. The summed E-state index contributed by atoms with van der Waals surface area (Å²) in [5, 5.41) is 7.01. The van der Waals surface area contributed by atoms with Crippen LogP contribution >= 0.6 is 0 Å². The molecule has 0 amide bonds. The highest BCUT2D eigenvalue weighted by atomic mass is 16.5. The fraction of sp³-hybridized carbons (Fsp3) is 0.560. The average molecular weight is 425 g/mol. The Morgan fingerprint density at radius 2 is 1.94 bits per heavy atom. The molecule has 168 valence electrons. The minimum absolute atomic E-state index is 0.144. The summed E-state index contributed by atoms with van der Waals surface area (Å²) >= 11 is 0. The number of hydrogen-bond donors (Lipinski definition) is 2. The average Bonchev–Trinajstić information content (AvgIpc) is 3.54. The first-order valence-electron chi connectivity index (χ1n) is 11.8.